The Bertz CT molecular complexity index is 692. The number of nitrogens with zero attached hydrogens (tertiary/aromatic N) is 1. The fourth-order valence-corrected chi connectivity index (χ4v) is 2.66. The van der Waals surface area contributed by atoms with Gasteiger partial charge in [-0.1, -0.05) is 12.1 Å². The average Bonchev–Trinajstić information content (AvgIpc) is 2.94. The van der Waals surface area contributed by atoms with Crippen LogP contribution in [0.25, 0.3) is 10.9 Å². The second-order valence-electron chi connectivity index (χ2n) is 5.91. The number of nitrogens with one attached hydrogen (secondary N) is 3. The number of rotatable bonds is 3. The van der Waals surface area contributed by atoms with Crippen LogP contribution in [0.5, 0.6) is 0 Å². The summed E-state index contributed by atoms with van der Waals surface area (Å²) in [6.45, 7) is 5.44. The number of hydrogen-bond donors (Lipinski definition) is 3. The number of hydrogen-bond acceptors (Lipinski definition) is 4. The molecule has 1 fully saturated rings. The molecule has 1 amide bonds. The molecule has 22 heavy (non-hydrogen) atoms. The number of carbonyl (C=O) groups is 1. The van der Waals surface area contributed by atoms with Crippen LogP contribution in [-0.4, -0.2) is 41.9 Å². The van der Waals surface area contributed by atoms with E-state index in [9.17, 15) is 9.18 Å². The highest BCUT2D eigenvalue weighted by atomic mass is 19.1. The third-order valence-electron chi connectivity index (χ3n) is 3.82. The first-order valence-corrected chi connectivity index (χ1v) is 7.26. The average molecular weight is 306 g/mol. The third-order valence-corrected chi connectivity index (χ3v) is 3.82. The number of aromatic amines is 1. The zero-order valence-corrected chi connectivity index (χ0v) is 12.6. The number of carbonyl (C=O) groups excluding carboxylic acids is 1. The van der Waals surface area contributed by atoms with Crippen molar-refractivity contribution in [3.8, 4) is 0 Å². The van der Waals surface area contributed by atoms with Crippen LogP contribution in [0.15, 0.2) is 18.2 Å². The Hall–Kier alpha value is -1.99. The van der Waals surface area contributed by atoms with Gasteiger partial charge in [-0.05, 0) is 19.9 Å². The molecule has 6 nitrogen and oxygen atoms in total. The SMILES string of the molecule is CC(C)(NC(=O)[C@@H]1CNCCO1)c1[nH]nc2c(F)cccc12. The van der Waals surface area contributed by atoms with Gasteiger partial charge in [-0.25, -0.2) is 4.39 Å². The van der Waals surface area contributed by atoms with E-state index in [4.69, 9.17) is 4.74 Å². The highest BCUT2D eigenvalue weighted by molar-refractivity contribution is 5.85. The molecule has 2 aromatic rings. The zero-order valence-electron chi connectivity index (χ0n) is 12.6. The van der Waals surface area contributed by atoms with Crippen LogP contribution in [0, 0.1) is 5.82 Å². The number of aromatic nitrogens is 2. The molecule has 3 N–H and O–H groups in total. The van der Waals surface area contributed by atoms with Gasteiger partial charge >= 0.3 is 0 Å². The summed E-state index contributed by atoms with van der Waals surface area (Å²) in [5.74, 6) is -0.585. The lowest BCUT2D eigenvalue weighted by Crippen LogP contribution is -2.52. The summed E-state index contributed by atoms with van der Waals surface area (Å²) in [5, 5.41) is 13.6. The Morgan fingerprint density at radius 1 is 1.50 bits per heavy atom. The molecular weight excluding hydrogens is 287 g/mol. The van der Waals surface area contributed by atoms with E-state index in [1.54, 1.807) is 12.1 Å². The monoisotopic (exact) mass is 306 g/mol. The van der Waals surface area contributed by atoms with Crippen molar-refractivity contribution in [1.82, 2.24) is 20.8 Å². The van der Waals surface area contributed by atoms with Gasteiger partial charge in [0.15, 0.2) is 5.82 Å². The number of H-pyrrole nitrogens is 1. The number of para-hydroxylation sites is 1. The van der Waals surface area contributed by atoms with Gasteiger partial charge in [0.1, 0.15) is 11.6 Å². The molecule has 3 rings (SSSR count). The van der Waals surface area contributed by atoms with E-state index in [0.29, 0.717) is 24.2 Å². The largest absolute Gasteiger partial charge is 0.366 e. The number of ether oxygens (including phenoxy) is 1. The third kappa shape index (κ3) is 2.69. The fourth-order valence-electron chi connectivity index (χ4n) is 2.66. The van der Waals surface area contributed by atoms with Crippen molar-refractivity contribution in [2.45, 2.75) is 25.5 Å². The lowest BCUT2D eigenvalue weighted by atomic mass is 9.96. The summed E-state index contributed by atoms with van der Waals surface area (Å²) >= 11 is 0. The number of fused-ring (bicyclic) bond motifs is 1. The molecule has 1 atom stereocenters. The maximum atomic E-state index is 13.7. The molecule has 7 heteroatoms. The van der Waals surface area contributed by atoms with Gasteiger partial charge in [0.05, 0.1) is 17.8 Å². The van der Waals surface area contributed by atoms with Gasteiger partial charge in [-0.2, -0.15) is 5.10 Å². The van der Waals surface area contributed by atoms with Crippen molar-refractivity contribution in [2.75, 3.05) is 19.7 Å². The van der Waals surface area contributed by atoms with Crippen molar-refractivity contribution < 1.29 is 13.9 Å². The minimum atomic E-state index is -0.722. The second kappa shape index (κ2) is 5.66. The minimum Gasteiger partial charge on any atom is -0.366 e. The Labute approximate surface area is 127 Å². The molecule has 1 aromatic carbocycles. The maximum absolute atomic E-state index is 13.7. The Balaban J connectivity index is 1.84. The van der Waals surface area contributed by atoms with Crippen molar-refractivity contribution in [3.05, 3.63) is 29.7 Å². The van der Waals surface area contributed by atoms with Crippen LogP contribution in [-0.2, 0) is 15.1 Å². The van der Waals surface area contributed by atoms with Crippen LogP contribution in [0.4, 0.5) is 4.39 Å². The quantitative estimate of drug-likeness (QED) is 0.792. The molecule has 1 saturated heterocycles. The predicted molar refractivity (Wildman–Crippen MR) is 79.8 cm³/mol. The molecule has 0 bridgehead atoms. The molecule has 2 heterocycles. The summed E-state index contributed by atoms with van der Waals surface area (Å²) < 4.78 is 19.2. The number of amides is 1. The standard InChI is InChI=1S/C15H19FN4O2/c1-15(2,18-14(21)11-8-17-6-7-22-11)13-9-4-3-5-10(16)12(9)19-20-13/h3-5,11,17H,6-8H2,1-2H3,(H,18,21)(H,19,20)/t11-/m0/s1. The first-order chi connectivity index (χ1) is 10.5. The molecule has 118 valence electrons. The molecule has 1 aliphatic heterocycles. The van der Waals surface area contributed by atoms with Crippen LogP contribution in [0.1, 0.15) is 19.5 Å². The van der Waals surface area contributed by atoms with E-state index < -0.39 is 11.6 Å². The summed E-state index contributed by atoms with van der Waals surface area (Å²) in [7, 11) is 0. The molecule has 0 radical (unpaired) electrons. The van der Waals surface area contributed by atoms with E-state index in [0.717, 1.165) is 6.54 Å². The Kier molecular flexibility index (Phi) is 3.84. The van der Waals surface area contributed by atoms with Crippen molar-refractivity contribution >= 4 is 16.8 Å². The predicted octanol–water partition coefficient (Wildman–Crippen LogP) is 1.04. The van der Waals surface area contributed by atoms with Crippen LogP contribution in [0.3, 0.4) is 0 Å². The van der Waals surface area contributed by atoms with Crippen LogP contribution >= 0.6 is 0 Å². The van der Waals surface area contributed by atoms with E-state index in [2.05, 4.69) is 20.8 Å². The number of halogens is 1. The van der Waals surface area contributed by atoms with E-state index >= 15 is 0 Å². The van der Waals surface area contributed by atoms with Crippen molar-refractivity contribution in [1.29, 1.82) is 0 Å². The molecule has 0 saturated carbocycles. The first-order valence-electron chi connectivity index (χ1n) is 7.26. The van der Waals surface area contributed by atoms with E-state index in [1.807, 2.05) is 13.8 Å². The zero-order chi connectivity index (χ0) is 15.7. The fraction of sp³-hybridized carbons (Fsp3) is 0.467. The lowest BCUT2D eigenvalue weighted by molar-refractivity contribution is -0.136. The van der Waals surface area contributed by atoms with E-state index in [1.165, 1.54) is 6.07 Å². The summed E-state index contributed by atoms with van der Waals surface area (Å²) in [6.07, 6.45) is -0.515. The summed E-state index contributed by atoms with van der Waals surface area (Å²) in [4.78, 5) is 12.3. The molecule has 0 aliphatic carbocycles. The molecule has 0 spiro atoms. The van der Waals surface area contributed by atoms with Gasteiger partial charge in [-0.3, -0.25) is 9.89 Å². The summed E-state index contributed by atoms with van der Waals surface area (Å²) in [5.41, 5.74) is 0.218. The number of morpholine rings is 1. The highest BCUT2D eigenvalue weighted by Crippen LogP contribution is 2.27. The van der Waals surface area contributed by atoms with Gasteiger partial charge in [0, 0.05) is 18.5 Å². The van der Waals surface area contributed by atoms with E-state index in [-0.39, 0.29) is 17.2 Å². The molecule has 1 aromatic heterocycles. The van der Waals surface area contributed by atoms with Gasteiger partial charge in [0.25, 0.3) is 5.91 Å². The second-order valence-corrected chi connectivity index (χ2v) is 5.91. The van der Waals surface area contributed by atoms with Crippen molar-refractivity contribution in [3.63, 3.8) is 0 Å². The molecule has 0 unspecified atom stereocenters. The minimum absolute atomic E-state index is 0.198. The molecular formula is C15H19FN4O2. The Morgan fingerprint density at radius 2 is 2.32 bits per heavy atom. The number of benzene rings is 1. The summed E-state index contributed by atoms with van der Waals surface area (Å²) in [6, 6.07) is 4.77. The van der Waals surface area contributed by atoms with Crippen LogP contribution < -0.4 is 10.6 Å². The normalized spacial score (nSPS) is 19.3. The van der Waals surface area contributed by atoms with Gasteiger partial charge < -0.3 is 15.4 Å². The smallest absolute Gasteiger partial charge is 0.251 e. The Morgan fingerprint density at radius 3 is 3.05 bits per heavy atom. The van der Waals surface area contributed by atoms with Gasteiger partial charge in [0.2, 0.25) is 0 Å². The highest BCUT2D eigenvalue weighted by Gasteiger charge is 2.31. The van der Waals surface area contributed by atoms with Crippen LogP contribution in [0.2, 0.25) is 0 Å². The lowest BCUT2D eigenvalue weighted by Gasteiger charge is -2.29. The maximum Gasteiger partial charge on any atom is 0.251 e. The first kappa shape index (κ1) is 14.9. The topological polar surface area (TPSA) is 79.0 Å². The molecule has 1 aliphatic rings. The van der Waals surface area contributed by atoms with Crippen molar-refractivity contribution in [2.24, 2.45) is 0 Å². The van der Waals surface area contributed by atoms with Gasteiger partial charge in [-0.15, -0.1) is 0 Å².